The Kier molecular flexibility index (Phi) is 5.39. The molecule has 0 amide bonds. The molecular formula is C28H29N3O5. The lowest BCUT2D eigenvalue weighted by Gasteiger charge is -2.29. The Morgan fingerprint density at radius 1 is 0.972 bits per heavy atom. The molecule has 2 N–H and O–H groups in total. The van der Waals surface area contributed by atoms with E-state index in [1.165, 1.54) is 17.4 Å². The van der Waals surface area contributed by atoms with Gasteiger partial charge < -0.3 is 24.6 Å². The van der Waals surface area contributed by atoms with E-state index in [-0.39, 0.29) is 30.1 Å². The average Bonchev–Trinajstić information content (AvgIpc) is 3.07. The Morgan fingerprint density at radius 2 is 1.69 bits per heavy atom. The van der Waals surface area contributed by atoms with Gasteiger partial charge in [0.05, 0.1) is 39.3 Å². The second-order valence-corrected chi connectivity index (χ2v) is 9.52. The largest absolute Gasteiger partial charge is 0.494 e. The zero-order valence-electron chi connectivity index (χ0n) is 20.6. The molecule has 36 heavy (non-hydrogen) atoms. The van der Waals surface area contributed by atoms with Gasteiger partial charge in [-0.25, -0.2) is 0 Å². The number of ether oxygens (including phenoxy) is 3. The van der Waals surface area contributed by atoms with Crippen molar-refractivity contribution in [3.63, 3.8) is 0 Å². The van der Waals surface area contributed by atoms with Gasteiger partial charge in [0.2, 0.25) is 11.6 Å². The van der Waals surface area contributed by atoms with Gasteiger partial charge in [0.1, 0.15) is 0 Å². The van der Waals surface area contributed by atoms with Gasteiger partial charge in [-0.1, -0.05) is 12.8 Å². The summed E-state index contributed by atoms with van der Waals surface area (Å²) in [7, 11) is 4.64. The molecule has 1 aromatic heterocycles. The van der Waals surface area contributed by atoms with E-state index in [1.807, 2.05) is 24.3 Å². The number of fused-ring (bicyclic) bond motifs is 1. The third kappa shape index (κ3) is 3.35. The van der Waals surface area contributed by atoms with Crippen LogP contribution in [0.4, 0.5) is 5.69 Å². The van der Waals surface area contributed by atoms with E-state index in [4.69, 9.17) is 19.2 Å². The van der Waals surface area contributed by atoms with Crippen LogP contribution in [0.5, 0.6) is 23.1 Å². The molecule has 8 nitrogen and oxygen atoms in total. The summed E-state index contributed by atoms with van der Waals surface area (Å²) in [4.78, 5) is 18.8. The van der Waals surface area contributed by atoms with Crippen molar-refractivity contribution in [3.8, 4) is 23.1 Å². The molecule has 3 aromatic carbocycles. The summed E-state index contributed by atoms with van der Waals surface area (Å²) in [5.41, 5.74) is 1.44. The number of methoxy groups -OCH3 is 3. The summed E-state index contributed by atoms with van der Waals surface area (Å²) in [6, 6.07) is 11.8. The zero-order valence-corrected chi connectivity index (χ0v) is 20.6. The fourth-order valence-electron chi connectivity index (χ4n) is 5.83. The Labute approximate surface area is 208 Å². The summed E-state index contributed by atoms with van der Waals surface area (Å²) in [6.07, 6.45) is 4.51. The number of nitrogens with zero attached hydrogens (tertiary/aromatic N) is 2. The molecule has 2 unspecified atom stereocenters. The van der Waals surface area contributed by atoms with Crippen LogP contribution in [-0.2, 0) is 6.54 Å². The smallest absolute Gasteiger partial charge is 0.261 e. The van der Waals surface area contributed by atoms with Gasteiger partial charge in [-0.3, -0.25) is 14.4 Å². The van der Waals surface area contributed by atoms with E-state index < -0.39 is 0 Å². The van der Waals surface area contributed by atoms with Crippen LogP contribution in [-0.4, -0.2) is 43.1 Å². The Balaban J connectivity index is 1.55. The molecule has 4 aromatic rings. The molecule has 1 saturated carbocycles. The van der Waals surface area contributed by atoms with Crippen molar-refractivity contribution in [3.05, 3.63) is 57.7 Å². The lowest BCUT2D eigenvalue weighted by atomic mass is 9.91. The minimum Gasteiger partial charge on any atom is -0.494 e. The van der Waals surface area contributed by atoms with Crippen molar-refractivity contribution < 1.29 is 19.3 Å². The van der Waals surface area contributed by atoms with Gasteiger partial charge in [0, 0.05) is 33.3 Å². The Morgan fingerprint density at radius 3 is 2.42 bits per heavy atom. The summed E-state index contributed by atoms with van der Waals surface area (Å²) < 4.78 is 17.7. The minimum atomic E-state index is -0.265. The number of aromatic hydroxyl groups is 1. The molecule has 2 aliphatic rings. The maximum absolute atomic E-state index is 13.7. The zero-order chi connectivity index (χ0) is 25.0. The Hall–Kier alpha value is -3.94. The van der Waals surface area contributed by atoms with Crippen molar-refractivity contribution in [2.24, 2.45) is 4.99 Å². The molecule has 186 valence electrons. The fraction of sp³-hybridized carbons (Fsp3) is 0.357. The van der Waals surface area contributed by atoms with Crippen LogP contribution in [0, 0.1) is 0 Å². The third-order valence-corrected chi connectivity index (χ3v) is 7.55. The highest BCUT2D eigenvalue weighted by atomic mass is 16.5. The van der Waals surface area contributed by atoms with Crippen LogP contribution in [0.2, 0.25) is 0 Å². The number of pyridine rings is 1. The van der Waals surface area contributed by atoms with Gasteiger partial charge in [0.25, 0.3) is 5.56 Å². The first kappa shape index (κ1) is 22.5. The predicted octanol–water partition coefficient (Wildman–Crippen LogP) is 4.01. The maximum atomic E-state index is 13.7. The molecule has 0 saturated heterocycles. The first-order valence-electron chi connectivity index (χ1n) is 12.3. The number of hydrogen-bond donors (Lipinski definition) is 2. The molecule has 8 heteroatoms. The minimum absolute atomic E-state index is 0.0772. The monoisotopic (exact) mass is 487 g/mol. The van der Waals surface area contributed by atoms with Crippen molar-refractivity contribution in [2.45, 2.75) is 44.3 Å². The number of hydrogen-bond acceptors (Lipinski definition) is 7. The van der Waals surface area contributed by atoms with E-state index in [0.717, 1.165) is 40.2 Å². The molecule has 1 fully saturated rings. The summed E-state index contributed by atoms with van der Waals surface area (Å²) in [6.45, 7) is 0.137. The lowest BCUT2D eigenvalue weighted by Crippen LogP contribution is -2.35. The van der Waals surface area contributed by atoms with E-state index >= 15 is 0 Å². The van der Waals surface area contributed by atoms with E-state index in [0.29, 0.717) is 28.0 Å². The van der Waals surface area contributed by atoms with Gasteiger partial charge in [-0.05, 0) is 54.8 Å². The molecule has 2 atom stereocenters. The molecule has 0 spiro atoms. The first-order valence-corrected chi connectivity index (χ1v) is 12.3. The van der Waals surface area contributed by atoms with Gasteiger partial charge in [-0.2, -0.15) is 0 Å². The number of aromatic nitrogens is 1. The van der Waals surface area contributed by atoms with Gasteiger partial charge >= 0.3 is 0 Å². The first-order chi connectivity index (χ1) is 17.5. The molecule has 0 radical (unpaired) electrons. The molecule has 1 aliphatic carbocycles. The van der Waals surface area contributed by atoms with Crippen LogP contribution < -0.4 is 30.4 Å². The number of nitrogens with one attached hydrogen (secondary N) is 1. The SMILES string of the molecule is COc1cc(Cn2c(O)c3ccc4c5c(ccc(c2=O)c35)NC2CCCCC2N=4)cc(OC)c1OC. The van der Waals surface area contributed by atoms with Crippen molar-refractivity contribution in [2.75, 3.05) is 26.6 Å². The quantitative estimate of drug-likeness (QED) is 0.442. The van der Waals surface area contributed by atoms with Crippen LogP contribution >= 0.6 is 0 Å². The van der Waals surface area contributed by atoms with Crippen molar-refractivity contribution in [1.29, 1.82) is 0 Å². The predicted molar refractivity (Wildman–Crippen MR) is 139 cm³/mol. The van der Waals surface area contributed by atoms with Gasteiger partial charge in [0.15, 0.2) is 11.5 Å². The van der Waals surface area contributed by atoms with Gasteiger partial charge in [-0.15, -0.1) is 0 Å². The maximum Gasteiger partial charge on any atom is 0.261 e. The van der Waals surface area contributed by atoms with Crippen LogP contribution in [0.15, 0.2) is 46.2 Å². The summed E-state index contributed by atoms with van der Waals surface area (Å²) in [5, 5.41) is 18.8. The fourth-order valence-corrected chi connectivity index (χ4v) is 5.83. The molecule has 2 heterocycles. The average molecular weight is 488 g/mol. The highest BCUT2D eigenvalue weighted by Crippen LogP contribution is 2.39. The van der Waals surface area contributed by atoms with Crippen LogP contribution in [0.1, 0.15) is 31.2 Å². The molecule has 1 aliphatic heterocycles. The van der Waals surface area contributed by atoms with Crippen LogP contribution in [0.3, 0.4) is 0 Å². The number of benzene rings is 3. The standard InChI is InChI=1S/C28H29N3O5/c1-34-22-12-15(13-23(35-2)26(22)36-3)14-31-27(32)16-8-10-20-25-21(11-9-17(24(16)25)28(31)33)30-19-7-5-4-6-18(19)29-20/h8-13,18-19,29,33H,4-7,14H2,1-3H3. The molecule has 6 rings (SSSR count). The Bertz CT molecular complexity index is 1580. The lowest BCUT2D eigenvalue weighted by molar-refractivity contribution is 0.323. The van der Waals surface area contributed by atoms with Crippen molar-refractivity contribution in [1.82, 2.24) is 4.57 Å². The second kappa shape index (κ2) is 8.62. The normalized spacial score (nSPS) is 18.8. The number of rotatable bonds is 5. The van der Waals surface area contributed by atoms with E-state index in [1.54, 1.807) is 33.5 Å². The van der Waals surface area contributed by atoms with E-state index in [2.05, 4.69) is 5.32 Å². The summed E-state index contributed by atoms with van der Waals surface area (Å²) >= 11 is 0. The van der Waals surface area contributed by atoms with E-state index in [9.17, 15) is 9.90 Å². The highest BCUT2D eigenvalue weighted by molar-refractivity contribution is 6.15. The topological polar surface area (TPSA) is 94.3 Å². The molecular weight excluding hydrogens is 458 g/mol. The van der Waals surface area contributed by atoms with Crippen LogP contribution in [0.25, 0.3) is 21.5 Å². The summed E-state index contributed by atoms with van der Waals surface area (Å²) in [5.74, 6) is 1.37. The van der Waals surface area contributed by atoms with Crippen molar-refractivity contribution >= 4 is 27.2 Å². The molecule has 0 bridgehead atoms. The number of anilines is 1. The highest BCUT2D eigenvalue weighted by Gasteiger charge is 2.28. The second-order valence-electron chi connectivity index (χ2n) is 9.52. The third-order valence-electron chi connectivity index (χ3n) is 7.55.